The molecule has 4 heteroatoms. The van der Waals surface area contributed by atoms with Crippen LogP contribution in [0.15, 0.2) is 24.3 Å². The molecule has 2 N–H and O–H groups in total. The van der Waals surface area contributed by atoms with Crippen LogP contribution in [0.1, 0.15) is 52.0 Å². The molecular formula is C21H34N2O2. The Labute approximate surface area is 152 Å². The molecule has 1 aromatic carbocycles. The number of hydrogen-bond donors (Lipinski definition) is 2. The lowest BCUT2D eigenvalue weighted by Crippen LogP contribution is -2.34. The maximum Gasteiger partial charge on any atom is 0.220 e. The van der Waals surface area contributed by atoms with Gasteiger partial charge in [-0.15, -0.1) is 0 Å². The van der Waals surface area contributed by atoms with Crippen molar-refractivity contribution >= 4 is 11.6 Å². The van der Waals surface area contributed by atoms with Crippen LogP contribution in [0, 0.1) is 17.8 Å². The molecule has 4 nitrogen and oxygen atoms in total. The van der Waals surface area contributed by atoms with Gasteiger partial charge in [-0.1, -0.05) is 32.9 Å². The maximum atomic E-state index is 12.0. The lowest BCUT2D eigenvalue weighted by molar-refractivity contribution is -0.122. The van der Waals surface area contributed by atoms with Crippen molar-refractivity contribution in [3.05, 3.63) is 29.8 Å². The highest BCUT2D eigenvalue weighted by Gasteiger charge is 2.18. The van der Waals surface area contributed by atoms with Crippen LogP contribution in [0.3, 0.4) is 0 Å². The first-order chi connectivity index (χ1) is 12.0. The summed E-state index contributed by atoms with van der Waals surface area (Å²) in [5.41, 5.74) is 2.37. The van der Waals surface area contributed by atoms with Crippen LogP contribution in [0.2, 0.25) is 0 Å². The SMILES string of the molecule is CC(C)CC(C)CC(=O)NCc1ccc(N2CCC(CO)CC2)cc1. The summed E-state index contributed by atoms with van der Waals surface area (Å²) in [6, 6.07) is 8.49. The molecule has 140 valence electrons. The lowest BCUT2D eigenvalue weighted by Gasteiger charge is -2.33. The van der Waals surface area contributed by atoms with Crippen LogP contribution in [-0.2, 0) is 11.3 Å². The number of anilines is 1. The van der Waals surface area contributed by atoms with E-state index in [1.54, 1.807) is 0 Å². The zero-order valence-electron chi connectivity index (χ0n) is 16.0. The fraction of sp³-hybridized carbons (Fsp3) is 0.667. The summed E-state index contributed by atoms with van der Waals surface area (Å²) < 4.78 is 0. The number of benzene rings is 1. The molecule has 25 heavy (non-hydrogen) atoms. The molecule has 1 unspecified atom stereocenters. The van der Waals surface area contributed by atoms with Gasteiger partial charge in [0.1, 0.15) is 0 Å². The van der Waals surface area contributed by atoms with Gasteiger partial charge in [-0.25, -0.2) is 0 Å². The highest BCUT2D eigenvalue weighted by molar-refractivity contribution is 5.76. The Morgan fingerprint density at radius 3 is 2.40 bits per heavy atom. The van der Waals surface area contributed by atoms with Crippen LogP contribution in [0.5, 0.6) is 0 Å². The number of nitrogens with one attached hydrogen (secondary N) is 1. The van der Waals surface area contributed by atoms with E-state index in [1.165, 1.54) is 5.69 Å². The third-order valence-electron chi connectivity index (χ3n) is 5.07. The van der Waals surface area contributed by atoms with E-state index >= 15 is 0 Å². The van der Waals surface area contributed by atoms with Gasteiger partial charge in [0.15, 0.2) is 0 Å². The molecule has 1 amide bonds. The molecule has 1 aromatic rings. The molecule has 2 rings (SSSR count). The summed E-state index contributed by atoms with van der Waals surface area (Å²) in [7, 11) is 0. The Bertz CT molecular complexity index is 519. The van der Waals surface area contributed by atoms with Crippen LogP contribution in [0.4, 0.5) is 5.69 Å². The summed E-state index contributed by atoms with van der Waals surface area (Å²) in [5, 5.41) is 12.3. The smallest absolute Gasteiger partial charge is 0.220 e. The summed E-state index contributed by atoms with van der Waals surface area (Å²) in [4.78, 5) is 14.4. The minimum Gasteiger partial charge on any atom is -0.396 e. The number of hydrogen-bond acceptors (Lipinski definition) is 3. The Kier molecular flexibility index (Phi) is 7.76. The molecular weight excluding hydrogens is 312 g/mol. The van der Waals surface area contributed by atoms with Gasteiger partial charge in [-0.05, 0) is 54.7 Å². The molecule has 1 heterocycles. The molecule has 1 saturated heterocycles. The van der Waals surface area contributed by atoms with Crippen molar-refractivity contribution in [1.82, 2.24) is 5.32 Å². The Morgan fingerprint density at radius 1 is 1.20 bits per heavy atom. The fourth-order valence-corrected chi connectivity index (χ4v) is 3.68. The normalized spacial score (nSPS) is 16.9. The highest BCUT2D eigenvalue weighted by atomic mass is 16.3. The van der Waals surface area contributed by atoms with Gasteiger partial charge in [0.25, 0.3) is 0 Å². The molecule has 1 aliphatic rings. The topological polar surface area (TPSA) is 52.6 Å². The molecule has 0 radical (unpaired) electrons. The zero-order chi connectivity index (χ0) is 18.2. The van der Waals surface area contributed by atoms with E-state index < -0.39 is 0 Å². The van der Waals surface area contributed by atoms with Gasteiger partial charge in [0, 0.05) is 38.3 Å². The average Bonchev–Trinajstić information content (AvgIpc) is 2.60. The van der Waals surface area contributed by atoms with Crippen LogP contribution >= 0.6 is 0 Å². The summed E-state index contributed by atoms with van der Waals surface area (Å²) >= 11 is 0. The predicted molar refractivity (Wildman–Crippen MR) is 104 cm³/mol. The fourth-order valence-electron chi connectivity index (χ4n) is 3.68. The van der Waals surface area contributed by atoms with E-state index in [4.69, 9.17) is 0 Å². The maximum absolute atomic E-state index is 12.0. The number of carbonyl (C=O) groups excluding carboxylic acids is 1. The molecule has 0 saturated carbocycles. The number of amides is 1. The van der Waals surface area contributed by atoms with Gasteiger partial charge in [0.05, 0.1) is 0 Å². The monoisotopic (exact) mass is 346 g/mol. The van der Waals surface area contributed by atoms with E-state index in [9.17, 15) is 9.90 Å². The summed E-state index contributed by atoms with van der Waals surface area (Å²) in [5.74, 6) is 1.68. The Morgan fingerprint density at radius 2 is 1.84 bits per heavy atom. The second kappa shape index (κ2) is 9.81. The van der Waals surface area contributed by atoms with E-state index in [-0.39, 0.29) is 5.91 Å². The van der Waals surface area contributed by atoms with Gasteiger partial charge in [0.2, 0.25) is 5.91 Å². The summed E-state index contributed by atoms with van der Waals surface area (Å²) in [6.45, 7) is 9.46. The number of aliphatic hydroxyl groups is 1. The Hall–Kier alpha value is -1.55. The van der Waals surface area contributed by atoms with Gasteiger partial charge >= 0.3 is 0 Å². The number of nitrogens with zero attached hydrogens (tertiary/aromatic N) is 1. The lowest BCUT2D eigenvalue weighted by atomic mass is 9.96. The van der Waals surface area contributed by atoms with Gasteiger partial charge < -0.3 is 15.3 Å². The summed E-state index contributed by atoms with van der Waals surface area (Å²) in [6.07, 6.45) is 3.82. The molecule has 0 aliphatic carbocycles. The molecule has 1 atom stereocenters. The quantitative estimate of drug-likeness (QED) is 0.756. The number of carbonyl (C=O) groups is 1. The zero-order valence-corrected chi connectivity index (χ0v) is 16.0. The number of piperidine rings is 1. The molecule has 1 fully saturated rings. The molecule has 0 bridgehead atoms. The van der Waals surface area contributed by atoms with E-state index in [2.05, 4.69) is 55.3 Å². The largest absolute Gasteiger partial charge is 0.396 e. The molecule has 1 aliphatic heterocycles. The van der Waals surface area contributed by atoms with Crippen molar-refractivity contribution < 1.29 is 9.90 Å². The van der Waals surface area contributed by atoms with Crippen molar-refractivity contribution in [1.29, 1.82) is 0 Å². The minimum absolute atomic E-state index is 0.142. The van der Waals surface area contributed by atoms with E-state index in [1.807, 2.05) is 0 Å². The van der Waals surface area contributed by atoms with Gasteiger partial charge in [-0.3, -0.25) is 4.79 Å². The standard InChI is InChI=1S/C21H34N2O2/c1-16(2)12-17(3)13-21(25)22-14-18-4-6-20(7-5-18)23-10-8-19(15-24)9-11-23/h4-7,16-17,19,24H,8-15H2,1-3H3,(H,22,25). The second-order valence-electron chi connectivity index (χ2n) is 8.00. The number of rotatable bonds is 8. The van der Waals surface area contributed by atoms with E-state index in [0.29, 0.717) is 37.3 Å². The minimum atomic E-state index is 0.142. The van der Waals surface area contributed by atoms with E-state index in [0.717, 1.165) is 37.9 Å². The highest BCUT2D eigenvalue weighted by Crippen LogP contribution is 2.23. The number of aliphatic hydroxyl groups excluding tert-OH is 1. The molecule has 0 aromatic heterocycles. The first-order valence-corrected chi connectivity index (χ1v) is 9.69. The Balaban J connectivity index is 1.76. The van der Waals surface area contributed by atoms with Gasteiger partial charge in [-0.2, -0.15) is 0 Å². The third-order valence-corrected chi connectivity index (χ3v) is 5.07. The van der Waals surface area contributed by atoms with Crippen LogP contribution < -0.4 is 10.2 Å². The van der Waals surface area contributed by atoms with Crippen LogP contribution in [-0.4, -0.2) is 30.7 Å². The second-order valence-corrected chi connectivity index (χ2v) is 8.00. The molecule has 0 spiro atoms. The first kappa shape index (κ1) is 19.8. The van der Waals surface area contributed by atoms with Crippen molar-refractivity contribution in [2.75, 3.05) is 24.6 Å². The van der Waals surface area contributed by atoms with Crippen molar-refractivity contribution in [3.63, 3.8) is 0 Å². The van der Waals surface area contributed by atoms with Crippen molar-refractivity contribution in [2.24, 2.45) is 17.8 Å². The van der Waals surface area contributed by atoms with Crippen molar-refractivity contribution in [2.45, 2.75) is 53.0 Å². The van der Waals surface area contributed by atoms with Crippen molar-refractivity contribution in [3.8, 4) is 0 Å². The average molecular weight is 347 g/mol. The predicted octanol–water partition coefficient (Wildman–Crippen LogP) is 3.58. The van der Waals surface area contributed by atoms with Crippen LogP contribution in [0.25, 0.3) is 0 Å². The first-order valence-electron chi connectivity index (χ1n) is 9.69. The third kappa shape index (κ3) is 6.69.